The van der Waals surface area contributed by atoms with Gasteiger partial charge in [0.05, 0.1) is 31.0 Å². The van der Waals surface area contributed by atoms with Gasteiger partial charge in [0.1, 0.15) is 5.60 Å². The highest BCUT2D eigenvalue weighted by molar-refractivity contribution is 5.93. The van der Waals surface area contributed by atoms with E-state index >= 15 is 0 Å². The molecule has 5 rings (SSSR count). The van der Waals surface area contributed by atoms with Crippen LogP contribution in [0.15, 0.2) is 34.8 Å². The molecule has 2 saturated heterocycles. The summed E-state index contributed by atoms with van der Waals surface area (Å²) in [4.78, 5) is 30.1. The second-order valence-corrected chi connectivity index (χ2v) is 8.92. The van der Waals surface area contributed by atoms with Gasteiger partial charge < -0.3 is 19.0 Å². The Morgan fingerprint density at radius 1 is 1.26 bits per heavy atom. The van der Waals surface area contributed by atoms with Gasteiger partial charge in [0, 0.05) is 20.5 Å². The van der Waals surface area contributed by atoms with E-state index in [-0.39, 0.29) is 24.5 Å². The van der Waals surface area contributed by atoms with Gasteiger partial charge in [-0.1, -0.05) is 30.4 Å². The molecule has 0 N–H and O–H groups in total. The van der Waals surface area contributed by atoms with E-state index in [4.69, 9.17) is 9.15 Å². The molecule has 0 radical (unpaired) electrons. The Morgan fingerprint density at radius 2 is 2.06 bits per heavy atom. The zero-order chi connectivity index (χ0) is 21.9. The predicted molar refractivity (Wildman–Crippen MR) is 111 cm³/mol. The molecule has 8 nitrogen and oxygen atoms in total. The van der Waals surface area contributed by atoms with E-state index in [1.54, 1.807) is 18.9 Å². The fraction of sp³-hybridized carbons (Fsp3) is 0.478. The molecule has 4 atom stereocenters. The topological polar surface area (TPSA) is 88.8 Å². The van der Waals surface area contributed by atoms with Crippen molar-refractivity contribution in [3.8, 4) is 0 Å². The van der Waals surface area contributed by atoms with Crippen molar-refractivity contribution < 1.29 is 18.7 Å². The van der Waals surface area contributed by atoms with Crippen molar-refractivity contribution in [2.45, 2.75) is 45.6 Å². The van der Waals surface area contributed by atoms with Crippen molar-refractivity contribution in [1.82, 2.24) is 20.0 Å². The molecule has 4 heterocycles. The average molecular weight is 422 g/mol. The quantitative estimate of drug-likeness (QED) is 0.684. The van der Waals surface area contributed by atoms with E-state index < -0.39 is 17.4 Å². The van der Waals surface area contributed by atoms with Gasteiger partial charge in [-0.2, -0.15) is 0 Å². The van der Waals surface area contributed by atoms with Gasteiger partial charge in [-0.25, -0.2) is 0 Å². The molecule has 0 unspecified atom stereocenters. The van der Waals surface area contributed by atoms with Crippen LogP contribution in [-0.2, 0) is 27.4 Å². The van der Waals surface area contributed by atoms with E-state index in [0.717, 1.165) is 5.56 Å². The Kier molecular flexibility index (Phi) is 4.51. The summed E-state index contributed by atoms with van der Waals surface area (Å²) in [5.74, 6) is -0.389. The van der Waals surface area contributed by atoms with Gasteiger partial charge >= 0.3 is 0 Å². The summed E-state index contributed by atoms with van der Waals surface area (Å²) in [5, 5.41) is 7.77. The molecule has 1 spiro atoms. The number of fused-ring (bicyclic) bond motifs is 1. The van der Waals surface area contributed by atoms with E-state index in [0.29, 0.717) is 24.9 Å². The lowest BCUT2D eigenvalue weighted by Gasteiger charge is -2.27. The third-order valence-electron chi connectivity index (χ3n) is 6.73. The molecule has 1 aromatic heterocycles. The lowest BCUT2D eigenvalue weighted by atomic mass is 9.76. The molecule has 2 bridgehead atoms. The highest BCUT2D eigenvalue weighted by Crippen LogP contribution is 2.52. The van der Waals surface area contributed by atoms with E-state index in [1.807, 2.05) is 17.1 Å². The number of aryl methyl sites for hydroxylation is 3. The smallest absolute Gasteiger partial charge is 0.235 e. The predicted octanol–water partition coefficient (Wildman–Crippen LogP) is 1.94. The molecule has 2 amide bonds. The number of hydrogen-bond acceptors (Lipinski definition) is 6. The van der Waals surface area contributed by atoms with Gasteiger partial charge in [-0.3, -0.25) is 9.59 Å². The second kappa shape index (κ2) is 7.02. The van der Waals surface area contributed by atoms with Crippen LogP contribution >= 0.6 is 0 Å². The molecule has 31 heavy (non-hydrogen) atoms. The number of aromatic nitrogens is 2. The Morgan fingerprint density at radius 3 is 2.77 bits per heavy atom. The molecule has 1 aromatic carbocycles. The van der Waals surface area contributed by atoms with Crippen LogP contribution in [0.2, 0.25) is 0 Å². The van der Waals surface area contributed by atoms with Gasteiger partial charge in [-0.05, 0) is 30.5 Å². The van der Waals surface area contributed by atoms with Gasteiger partial charge in [-0.15, -0.1) is 10.2 Å². The zero-order valence-corrected chi connectivity index (χ0v) is 18.2. The molecule has 2 fully saturated rings. The summed E-state index contributed by atoms with van der Waals surface area (Å²) in [6.45, 7) is 7.03. The standard InChI is InChI=1S/C23H26N4O4/c1-13-5-6-16(9-14(13)2)10-27-12-23-8-7-17(31-23)19(20(23)22(27)29)21(28)26(4)11-18-25-24-15(3)30-18/h5-9,17,19-20H,10-12H2,1-4H3/t17-,19+,20+,23-/m0/s1. The molecule has 162 valence electrons. The maximum absolute atomic E-state index is 13.4. The Labute approximate surface area is 180 Å². The Hall–Kier alpha value is -3.00. The van der Waals surface area contributed by atoms with Crippen LogP contribution in [0.1, 0.15) is 28.5 Å². The van der Waals surface area contributed by atoms with Gasteiger partial charge in [0.25, 0.3) is 0 Å². The van der Waals surface area contributed by atoms with Crippen LogP contribution in [-0.4, -0.2) is 57.1 Å². The monoisotopic (exact) mass is 422 g/mol. The SMILES string of the molecule is Cc1nnc(CN(C)C(=O)[C@@H]2[C@@H]3C=C[C@@]4(CN(Cc5ccc(C)c(C)c5)C(=O)[C@@H]24)O3)o1. The largest absolute Gasteiger partial charge is 0.424 e. The highest BCUT2D eigenvalue weighted by Gasteiger charge is 2.67. The van der Waals surface area contributed by atoms with Gasteiger partial charge in [0.2, 0.25) is 23.6 Å². The first-order chi connectivity index (χ1) is 14.8. The fourth-order valence-corrected chi connectivity index (χ4v) is 5.05. The molecule has 3 aliphatic heterocycles. The number of hydrogen-bond donors (Lipinski definition) is 0. The third-order valence-corrected chi connectivity index (χ3v) is 6.73. The molecule has 8 heteroatoms. The third kappa shape index (κ3) is 3.17. The highest BCUT2D eigenvalue weighted by atomic mass is 16.5. The van der Waals surface area contributed by atoms with Crippen molar-refractivity contribution in [3.05, 3.63) is 58.8 Å². The first kappa shape index (κ1) is 19.9. The Balaban J connectivity index is 1.35. The van der Waals surface area contributed by atoms with Crippen molar-refractivity contribution in [3.63, 3.8) is 0 Å². The van der Waals surface area contributed by atoms with Crippen molar-refractivity contribution in [2.75, 3.05) is 13.6 Å². The number of likely N-dealkylation sites (tertiary alicyclic amines) is 1. The number of carbonyl (C=O) groups excluding carboxylic acids is 2. The van der Waals surface area contributed by atoms with Gasteiger partial charge in [0.15, 0.2) is 0 Å². The van der Waals surface area contributed by atoms with Crippen molar-refractivity contribution >= 4 is 11.8 Å². The lowest BCUT2D eigenvalue weighted by Crippen LogP contribution is -2.44. The fourth-order valence-electron chi connectivity index (χ4n) is 5.05. The van der Waals surface area contributed by atoms with Crippen LogP contribution < -0.4 is 0 Å². The molecular formula is C23H26N4O4. The van der Waals surface area contributed by atoms with Crippen molar-refractivity contribution in [1.29, 1.82) is 0 Å². The minimum Gasteiger partial charge on any atom is -0.424 e. The number of ether oxygens (including phenoxy) is 1. The summed E-state index contributed by atoms with van der Waals surface area (Å²) >= 11 is 0. The molecule has 0 saturated carbocycles. The number of rotatable bonds is 5. The van der Waals surface area contributed by atoms with Crippen LogP contribution in [0.3, 0.4) is 0 Å². The van der Waals surface area contributed by atoms with Crippen LogP contribution in [0.5, 0.6) is 0 Å². The normalized spacial score (nSPS) is 28.5. The molecule has 2 aromatic rings. The first-order valence-corrected chi connectivity index (χ1v) is 10.5. The zero-order valence-electron chi connectivity index (χ0n) is 18.2. The first-order valence-electron chi connectivity index (χ1n) is 10.5. The van der Waals surface area contributed by atoms with E-state index in [9.17, 15) is 9.59 Å². The summed E-state index contributed by atoms with van der Waals surface area (Å²) in [6.07, 6.45) is 3.53. The van der Waals surface area contributed by atoms with Crippen LogP contribution in [0.4, 0.5) is 0 Å². The number of carbonyl (C=O) groups is 2. The average Bonchev–Trinajstić information content (AvgIpc) is 3.46. The summed E-state index contributed by atoms with van der Waals surface area (Å²) in [7, 11) is 1.69. The lowest BCUT2D eigenvalue weighted by molar-refractivity contribution is -0.143. The van der Waals surface area contributed by atoms with Crippen molar-refractivity contribution in [2.24, 2.45) is 11.8 Å². The minimum absolute atomic E-state index is 0.0227. The van der Waals surface area contributed by atoms with E-state index in [2.05, 4.69) is 42.2 Å². The minimum atomic E-state index is -0.719. The maximum atomic E-state index is 13.4. The summed E-state index contributed by atoms with van der Waals surface area (Å²) < 4.78 is 11.6. The number of amides is 2. The van der Waals surface area contributed by atoms with E-state index in [1.165, 1.54) is 11.1 Å². The number of benzene rings is 1. The summed E-state index contributed by atoms with van der Waals surface area (Å²) in [6, 6.07) is 6.25. The maximum Gasteiger partial charge on any atom is 0.235 e. The van der Waals surface area contributed by atoms with Crippen LogP contribution in [0.25, 0.3) is 0 Å². The molecule has 3 aliphatic rings. The Bertz CT molecular complexity index is 1090. The second-order valence-electron chi connectivity index (χ2n) is 8.92. The summed E-state index contributed by atoms with van der Waals surface area (Å²) in [5.41, 5.74) is 2.79. The molecule has 0 aliphatic carbocycles. The van der Waals surface area contributed by atoms with Crippen LogP contribution in [0, 0.1) is 32.6 Å². The molecular weight excluding hydrogens is 396 g/mol. The number of nitrogens with zero attached hydrogens (tertiary/aromatic N) is 4.